The minimum atomic E-state index is 1.60. The van der Waals surface area contributed by atoms with Gasteiger partial charge in [-0.2, -0.15) is 0 Å². The number of rotatable bonds is 1. The molecule has 0 aromatic rings. The zero-order chi connectivity index (χ0) is 4.12. The SMILES string of the molecule is C=C=BSC. The molecule has 0 atom stereocenters. The van der Waals surface area contributed by atoms with Crippen LogP contribution in [-0.2, 0) is 0 Å². The average Bonchev–Trinajstić information content (AvgIpc) is 1.41. The second-order valence-electron chi connectivity index (χ2n) is 0.558. The van der Waals surface area contributed by atoms with E-state index >= 15 is 0 Å². The Morgan fingerprint density at radius 1 is 2.00 bits per heavy atom. The molecule has 0 rings (SSSR count). The Balaban J connectivity index is 2.93. The molecular weight excluding hydrogens is 78.9 g/mol. The van der Waals surface area contributed by atoms with Gasteiger partial charge in [0.15, 0.2) is 0 Å². The summed E-state index contributed by atoms with van der Waals surface area (Å²) in [6, 6.07) is 0. The van der Waals surface area contributed by atoms with Gasteiger partial charge in [-0.1, -0.05) is 0 Å². The maximum atomic E-state index is 3.35. The van der Waals surface area contributed by atoms with Gasteiger partial charge in [0.25, 0.3) is 0 Å². The van der Waals surface area contributed by atoms with Gasteiger partial charge in [-0.15, -0.1) is 0 Å². The summed E-state index contributed by atoms with van der Waals surface area (Å²) in [7, 11) is 0. The Bertz CT molecular complexity index is 53.9. The molecule has 0 aromatic heterocycles. The van der Waals surface area contributed by atoms with Gasteiger partial charge in [-0.3, -0.25) is 0 Å². The average molecular weight is 84.0 g/mol. The van der Waals surface area contributed by atoms with Crippen LogP contribution < -0.4 is 0 Å². The van der Waals surface area contributed by atoms with Crippen LogP contribution in [0.1, 0.15) is 0 Å². The quantitative estimate of drug-likeness (QED) is 0.418. The Kier molecular flexibility index (Phi) is 4.12. The molecule has 2 heteroatoms. The van der Waals surface area contributed by atoms with Gasteiger partial charge in [0.1, 0.15) is 0 Å². The van der Waals surface area contributed by atoms with Crippen molar-refractivity contribution in [3.8, 4) is 0 Å². The molecule has 0 aliphatic carbocycles. The summed E-state index contributed by atoms with van der Waals surface area (Å²) >= 11 is 1.60. The first-order valence-electron chi connectivity index (χ1n) is 1.29. The molecule has 0 N–H and O–H groups in total. The van der Waals surface area contributed by atoms with Crippen molar-refractivity contribution >= 4 is 23.4 Å². The van der Waals surface area contributed by atoms with E-state index in [-0.39, 0.29) is 0 Å². The van der Waals surface area contributed by atoms with E-state index in [1.807, 2.05) is 6.26 Å². The van der Waals surface area contributed by atoms with Crippen LogP contribution in [0, 0.1) is 0 Å². The minimum absolute atomic E-state index is 1.60. The molecule has 0 saturated carbocycles. The van der Waals surface area contributed by atoms with Crippen molar-refractivity contribution in [2.24, 2.45) is 0 Å². The van der Waals surface area contributed by atoms with Crippen LogP contribution in [-0.4, -0.2) is 18.1 Å². The standard InChI is InChI=1S/C3H5BS/c1-3-4-5-2/h1H2,2H3. The number of hydrogen-bond acceptors (Lipinski definition) is 1. The van der Waals surface area contributed by atoms with E-state index in [1.54, 1.807) is 17.8 Å². The van der Waals surface area contributed by atoms with Crippen LogP contribution in [0.5, 0.6) is 0 Å². The molecule has 0 radical (unpaired) electrons. The fourth-order valence-corrected chi connectivity index (χ4v) is 0.250. The second-order valence-corrected chi connectivity index (χ2v) is 1.26. The molecule has 0 aliphatic heterocycles. The Hall–Kier alpha value is 0.0649. The van der Waals surface area contributed by atoms with E-state index in [1.165, 1.54) is 0 Å². The molecule has 0 aromatic carbocycles. The zero-order valence-electron chi connectivity index (χ0n) is 3.19. The summed E-state index contributed by atoms with van der Waals surface area (Å²) in [5, 5.41) is 0. The zero-order valence-corrected chi connectivity index (χ0v) is 4.01. The fourth-order valence-electron chi connectivity index (χ4n) is 0.0833. The maximum absolute atomic E-state index is 3.35. The topological polar surface area (TPSA) is 0 Å². The van der Waals surface area contributed by atoms with Crippen molar-refractivity contribution in [2.75, 3.05) is 6.26 Å². The van der Waals surface area contributed by atoms with E-state index in [4.69, 9.17) is 0 Å². The predicted molar refractivity (Wildman–Crippen MR) is 29.9 cm³/mol. The van der Waals surface area contributed by atoms with Crippen LogP contribution in [0.2, 0.25) is 0 Å². The number of hydrogen-bond donors (Lipinski definition) is 0. The molecule has 0 fully saturated rings. The molecule has 0 spiro atoms. The molecule has 0 nitrogen and oxygen atoms in total. The monoisotopic (exact) mass is 84.0 g/mol. The molecule has 26 valence electrons. The third-order valence-electron chi connectivity index (χ3n) is 0.201. The van der Waals surface area contributed by atoms with Gasteiger partial charge in [0.2, 0.25) is 0 Å². The van der Waals surface area contributed by atoms with Gasteiger partial charge in [-0.25, -0.2) is 0 Å². The summed E-state index contributed by atoms with van der Waals surface area (Å²) in [5.74, 6) is 0. The van der Waals surface area contributed by atoms with Gasteiger partial charge in [-0.05, 0) is 0 Å². The van der Waals surface area contributed by atoms with Gasteiger partial charge in [0, 0.05) is 0 Å². The summed E-state index contributed by atoms with van der Waals surface area (Å²) in [4.78, 5) is 0. The van der Waals surface area contributed by atoms with Crippen LogP contribution in [0.4, 0.5) is 0 Å². The molecule has 0 aliphatic rings. The fraction of sp³-hybridized carbons (Fsp3) is 0.333. The van der Waals surface area contributed by atoms with Crippen LogP contribution in [0.15, 0.2) is 6.58 Å². The van der Waals surface area contributed by atoms with E-state index in [0.717, 1.165) is 0 Å². The Labute approximate surface area is 37.1 Å². The Morgan fingerprint density at radius 2 is 2.60 bits per heavy atom. The van der Waals surface area contributed by atoms with Crippen LogP contribution in [0.3, 0.4) is 0 Å². The molecular formula is C3H5BS. The molecule has 0 unspecified atom stereocenters. The summed E-state index contributed by atoms with van der Waals surface area (Å²) in [6.45, 7) is 3.35. The first-order valence-corrected chi connectivity index (χ1v) is 2.57. The van der Waals surface area contributed by atoms with Crippen LogP contribution >= 0.6 is 11.6 Å². The van der Waals surface area contributed by atoms with Gasteiger partial charge < -0.3 is 0 Å². The second kappa shape index (κ2) is 4.06. The van der Waals surface area contributed by atoms with E-state index in [9.17, 15) is 0 Å². The molecule has 0 amide bonds. The summed E-state index contributed by atoms with van der Waals surface area (Å²) < 4.78 is 0. The summed E-state index contributed by atoms with van der Waals surface area (Å²) in [5.41, 5.74) is 2.61. The molecule has 0 saturated heterocycles. The van der Waals surface area contributed by atoms with E-state index in [2.05, 4.69) is 12.2 Å². The van der Waals surface area contributed by atoms with Crippen molar-refractivity contribution in [2.45, 2.75) is 0 Å². The Morgan fingerprint density at radius 3 is 2.60 bits per heavy atom. The van der Waals surface area contributed by atoms with Crippen molar-refractivity contribution in [1.29, 1.82) is 0 Å². The van der Waals surface area contributed by atoms with Gasteiger partial charge in [0.05, 0.1) is 0 Å². The predicted octanol–water partition coefficient (Wildman–Crippen LogP) is 0.556. The van der Waals surface area contributed by atoms with Gasteiger partial charge >= 0.3 is 36.3 Å². The first kappa shape index (κ1) is 5.06. The van der Waals surface area contributed by atoms with Crippen molar-refractivity contribution < 1.29 is 0 Å². The summed E-state index contributed by atoms with van der Waals surface area (Å²) in [6.07, 6.45) is 3.78. The van der Waals surface area contributed by atoms with Crippen molar-refractivity contribution in [3.05, 3.63) is 6.58 Å². The van der Waals surface area contributed by atoms with Crippen molar-refractivity contribution in [3.63, 3.8) is 0 Å². The third kappa shape index (κ3) is 4.06. The molecule has 0 heterocycles. The normalized spacial score (nSPS) is 5.00. The molecule has 0 bridgehead atoms. The van der Waals surface area contributed by atoms with Crippen LogP contribution in [0.25, 0.3) is 0 Å². The van der Waals surface area contributed by atoms with Crippen molar-refractivity contribution in [1.82, 2.24) is 0 Å². The molecule has 5 heavy (non-hydrogen) atoms. The van der Waals surface area contributed by atoms with E-state index < -0.39 is 0 Å². The van der Waals surface area contributed by atoms with E-state index in [0.29, 0.717) is 0 Å². The first-order chi connectivity index (χ1) is 2.41. The third-order valence-corrected chi connectivity index (χ3v) is 0.604.